The van der Waals surface area contributed by atoms with E-state index in [1.165, 1.54) is 11.4 Å². The molecule has 1 atom stereocenters. The number of ether oxygens (including phenoxy) is 1. The topological polar surface area (TPSA) is 96.0 Å². The van der Waals surface area contributed by atoms with Crippen molar-refractivity contribution in [2.24, 2.45) is 0 Å². The second kappa shape index (κ2) is 14.9. The molecule has 0 fully saturated rings. The molecule has 3 rings (SSSR count). The van der Waals surface area contributed by atoms with Crippen LogP contribution in [0.4, 0.5) is 5.69 Å². The van der Waals surface area contributed by atoms with E-state index in [2.05, 4.69) is 5.32 Å². The van der Waals surface area contributed by atoms with Crippen molar-refractivity contribution in [3.63, 3.8) is 0 Å². The van der Waals surface area contributed by atoms with E-state index in [-0.39, 0.29) is 43.8 Å². The summed E-state index contributed by atoms with van der Waals surface area (Å²) in [6.07, 6.45) is 1.71. The summed E-state index contributed by atoms with van der Waals surface area (Å²) in [5.74, 6) is -0.107. The van der Waals surface area contributed by atoms with E-state index in [1.807, 2.05) is 50.2 Å². The molecule has 3 aromatic carbocycles. The van der Waals surface area contributed by atoms with E-state index in [0.29, 0.717) is 22.9 Å². The Labute approximate surface area is 248 Å². The number of nitrogens with zero attached hydrogens (tertiary/aromatic N) is 2. The molecule has 41 heavy (non-hydrogen) atoms. The number of hydrogen-bond acceptors (Lipinski definition) is 5. The van der Waals surface area contributed by atoms with Gasteiger partial charge in [0.25, 0.3) is 0 Å². The van der Waals surface area contributed by atoms with Crippen molar-refractivity contribution in [3.05, 3.63) is 95.0 Å². The summed E-state index contributed by atoms with van der Waals surface area (Å²) < 4.78 is 32.0. The first-order chi connectivity index (χ1) is 19.5. The Morgan fingerprint density at radius 1 is 0.951 bits per heavy atom. The number of methoxy groups -OCH3 is 1. The van der Waals surface area contributed by atoms with Crippen LogP contribution in [0.3, 0.4) is 0 Å². The molecule has 1 N–H and O–H groups in total. The van der Waals surface area contributed by atoms with Gasteiger partial charge in [-0.2, -0.15) is 0 Å². The molecular weight excluding hydrogens is 562 g/mol. The monoisotopic (exact) mass is 599 g/mol. The van der Waals surface area contributed by atoms with Gasteiger partial charge in [-0.1, -0.05) is 66.2 Å². The molecule has 0 unspecified atom stereocenters. The predicted molar refractivity (Wildman–Crippen MR) is 164 cm³/mol. The maximum atomic E-state index is 13.9. The number of benzene rings is 3. The molecule has 10 heteroatoms. The molecule has 3 aromatic rings. The van der Waals surface area contributed by atoms with Crippen molar-refractivity contribution in [2.45, 2.75) is 51.7 Å². The third-order valence-electron chi connectivity index (χ3n) is 6.45. The number of nitrogens with one attached hydrogen (secondary N) is 1. The third kappa shape index (κ3) is 9.50. The van der Waals surface area contributed by atoms with Crippen LogP contribution in [-0.2, 0) is 32.6 Å². The molecule has 0 aliphatic heterocycles. The number of hydrogen-bond donors (Lipinski definition) is 1. The highest BCUT2D eigenvalue weighted by Crippen LogP contribution is 2.30. The van der Waals surface area contributed by atoms with Crippen LogP contribution in [-0.4, -0.2) is 57.1 Å². The van der Waals surface area contributed by atoms with Gasteiger partial charge >= 0.3 is 0 Å². The molecule has 8 nitrogen and oxygen atoms in total. The summed E-state index contributed by atoms with van der Waals surface area (Å²) in [7, 11) is -2.18. The molecule has 0 radical (unpaired) electrons. The number of carbonyl (C=O) groups is 2. The normalized spacial score (nSPS) is 12.0. The van der Waals surface area contributed by atoms with Gasteiger partial charge in [0, 0.05) is 37.0 Å². The van der Waals surface area contributed by atoms with Crippen LogP contribution in [0.2, 0.25) is 5.02 Å². The highest BCUT2D eigenvalue weighted by molar-refractivity contribution is 7.92. The van der Waals surface area contributed by atoms with Gasteiger partial charge in [0.2, 0.25) is 21.8 Å². The number of amides is 2. The Kier molecular flexibility index (Phi) is 11.6. The zero-order chi connectivity index (χ0) is 30.0. The lowest BCUT2D eigenvalue weighted by atomic mass is 10.0. The second-order valence-electron chi connectivity index (χ2n) is 10.1. The van der Waals surface area contributed by atoms with Crippen LogP contribution in [0, 0.1) is 0 Å². The molecule has 0 aliphatic carbocycles. The summed E-state index contributed by atoms with van der Waals surface area (Å²) in [4.78, 5) is 28.9. The lowest BCUT2D eigenvalue weighted by molar-refractivity contribution is -0.141. The number of halogens is 1. The number of sulfonamides is 1. The van der Waals surface area contributed by atoms with Crippen molar-refractivity contribution in [2.75, 3.05) is 24.2 Å². The van der Waals surface area contributed by atoms with Crippen LogP contribution in [0.1, 0.15) is 37.8 Å². The minimum absolute atomic E-state index is 0.0297. The number of para-hydroxylation sites is 2. The van der Waals surface area contributed by atoms with Crippen molar-refractivity contribution >= 4 is 39.1 Å². The fourth-order valence-corrected chi connectivity index (χ4v) is 5.77. The standard InChI is InChI=1S/C31H38ClN3O5S/c1-23(2)33-31(37)28(21-24-12-6-5-7-13-24)34(22-25-14-10-15-26(32)20-25)30(36)18-11-19-35(41(4,38)39)27-16-8-9-17-29(27)40-3/h5-10,12-17,20,23,28H,11,18-19,21-22H2,1-4H3,(H,33,37)/t28-/m0/s1. The summed E-state index contributed by atoms with van der Waals surface area (Å²) in [5, 5.41) is 3.49. The van der Waals surface area contributed by atoms with Crippen LogP contribution >= 0.6 is 11.6 Å². The van der Waals surface area contributed by atoms with Gasteiger partial charge in [-0.3, -0.25) is 13.9 Å². The zero-order valence-electron chi connectivity index (χ0n) is 23.9. The highest BCUT2D eigenvalue weighted by atomic mass is 35.5. The zero-order valence-corrected chi connectivity index (χ0v) is 25.5. The quantitative estimate of drug-likeness (QED) is 0.279. The second-order valence-corrected chi connectivity index (χ2v) is 12.5. The first-order valence-electron chi connectivity index (χ1n) is 13.5. The van der Waals surface area contributed by atoms with Crippen molar-refractivity contribution < 1.29 is 22.7 Å². The van der Waals surface area contributed by atoms with Crippen LogP contribution < -0.4 is 14.4 Å². The summed E-state index contributed by atoms with van der Waals surface area (Å²) >= 11 is 6.24. The molecule has 0 saturated carbocycles. The van der Waals surface area contributed by atoms with Gasteiger partial charge in [0.05, 0.1) is 19.1 Å². The first-order valence-corrected chi connectivity index (χ1v) is 15.7. The molecule has 2 amide bonds. The van der Waals surface area contributed by atoms with Crippen LogP contribution in [0.15, 0.2) is 78.9 Å². The lowest BCUT2D eigenvalue weighted by Crippen LogP contribution is -2.51. The van der Waals surface area contributed by atoms with Crippen LogP contribution in [0.5, 0.6) is 5.75 Å². The fraction of sp³-hybridized carbons (Fsp3) is 0.355. The Morgan fingerprint density at radius 2 is 1.61 bits per heavy atom. The van der Waals surface area contributed by atoms with Crippen LogP contribution in [0.25, 0.3) is 0 Å². The van der Waals surface area contributed by atoms with Gasteiger partial charge in [-0.05, 0) is 55.7 Å². The van der Waals surface area contributed by atoms with Crippen molar-refractivity contribution in [1.82, 2.24) is 10.2 Å². The lowest BCUT2D eigenvalue weighted by Gasteiger charge is -2.32. The number of anilines is 1. The van der Waals surface area contributed by atoms with E-state index >= 15 is 0 Å². The smallest absolute Gasteiger partial charge is 0.243 e. The van der Waals surface area contributed by atoms with Crippen molar-refractivity contribution in [3.8, 4) is 5.75 Å². The summed E-state index contributed by atoms with van der Waals surface area (Å²) in [6, 6.07) is 22.7. The van der Waals surface area contributed by atoms with Gasteiger partial charge in [-0.15, -0.1) is 0 Å². The predicted octanol–water partition coefficient (Wildman–Crippen LogP) is 5.06. The van der Waals surface area contributed by atoms with E-state index in [4.69, 9.17) is 16.3 Å². The summed E-state index contributed by atoms with van der Waals surface area (Å²) in [5.41, 5.74) is 2.10. The van der Waals surface area contributed by atoms with Crippen molar-refractivity contribution in [1.29, 1.82) is 0 Å². The van der Waals surface area contributed by atoms with E-state index in [9.17, 15) is 18.0 Å². The molecule has 0 spiro atoms. The summed E-state index contributed by atoms with van der Waals surface area (Å²) in [6.45, 7) is 3.98. The molecule has 0 saturated heterocycles. The Hall–Kier alpha value is -3.56. The van der Waals surface area contributed by atoms with Gasteiger partial charge in [-0.25, -0.2) is 8.42 Å². The maximum Gasteiger partial charge on any atom is 0.243 e. The fourth-order valence-electron chi connectivity index (χ4n) is 4.58. The van der Waals surface area contributed by atoms with E-state index in [1.54, 1.807) is 47.4 Å². The Morgan fingerprint density at radius 3 is 2.24 bits per heavy atom. The van der Waals surface area contributed by atoms with Gasteiger partial charge < -0.3 is 15.0 Å². The molecule has 220 valence electrons. The van der Waals surface area contributed by atoms with E-state index in [0.717, 1.165) is 17.4 Å². The SMILES string of the molecule is COc1ccccc1N(CCCC(=O)N(Cc1cccc(Cl)c1)[C@@H](Cc1ccccc1)C(=O)NC(C)C)S(C)(=O)=O. The average molecular weight is 600 g/mol. The molecule has 0 aromatic heterocycles. The minimum atomic E-state index is -3.66. The largest absolute Gasteiger partial charge is 0.495 e. The third-order valence-corrected chi connectivity index (χ3v) is 7.87. The highest BCUT2D eigenvalue weighted by Gasteiger charge is 2.31. The Balaban J connectivity index is 1.90. The molecule has 0 heterocycles. The van der Waals surface area contributed by atoms with Gasteiger partial charge in [0.15, 0.2) is 0 Å². The van der Waals surface area contributed by atoms with Gasteiger partial charge in [0.1, 0.15) is 11.8 Å². The Bertz CT molecular complexity index is 1420. The molecule has 0 aliphatic rings. The minimum Gasteiger partial charge on any atom is -0.495 e. The molecule has 0 bridgehead atoms. The number of rotatable bonds is 14. The average Bonchev–Trinajstić information content (AvgIpc) is 2.92. The van der Waals surface area contributed by atoms with E-state index < -0.39 is 16.1 Å². The number of carbonyl (C=O) groups excluding carboxylic acids is 2. The first kappa shape index (κ1) is 32.0. The maximum absolute atomic E-state index is 13.9. The molecular formula is C31H38ClN3O5S.